The lowest BCUT2D eigenvalue weighted by molar-refractivity contribution is 0.171. The summed E-state index contributed by atoms with van der Waals surface area (Å²) in [5.41, 5.74) is 0. The predicted octanol–water partition coefficient (Wildman–Crippen LogP) is 1.29. The number of ether oxygens (including phenoxy) is 1. The number of hydrogen-bond acceptors (Lipinski definition) is 7. The van der Waals surface area contributed by atoms with Crippen LogP contribution in [-0.2, 0) is 25.0 Å². The minimum absolute atomic E-state index is 0.0334. The molecule has 0 radical (unpaired) electrons. The van der Waals surface area contributed by atoms with Crippen molar-refractivity contribution in [3.8, 4) is 0 Å². The number of nitrogens with zero attached hydrogens (tertiary/aromatic N) is 2. The Morgan fingerprint density at radius 2 is 1.16 bits per heavy atom. The average Bonchev–Trinajstić information content (AvgIpc) is 2.57. The van der Waals surface area contributed by atoms with E-state index in [1.807, 2.05) is 36.4 Å². The summed E-state index contributed by atoms with van der Waals surface area (Å²) >= 11 is 0. The lowest BCUT2D eigenvalue weighted by Crippen LogP contribution is -2.11. The highest BCUT2D eigenvalue weighted by molar-refractivity contribution is 7.85. The Balaban J connectivity index is 0.000000392. The summed E-state index contributed by atoms with van der Waals surface area (Å²) in [5.74, 6) is -1.38. The molecule has 0 aromatic carbocycles. The van der Waals surface area contributed by atoms with Gasteiger partial charge < -0.3 is 4.74 Å². The van der Waals surface area contributed by atoms with Crippen molar-refractivity contribution in [2.45, 2.75) is 6.42 Å². The third-order valence-corrected chi connectivity index (χ3v) is 3.33. The zero-order valence-electron chi connectivity index (χ0n) is 13.2. The molecular weight excluding hydrogens is 372 g/mol. The van der Waals surface area contributed by atoms with E-state index in [0.29, 0.717) is 0 Å². The van der Waals surface area contributed by atoms with Crippen molar-refractivity contribution in [2.75, 3.05) is 18.3 Å². The monoisotopic (exact) mass is 392 g/mol. The Labute approximate surface area is 147 Å². The minimum atomic E-state index is -4.17. The van der Waals surface area contributed by atoms with Crippen molar-refractivity contribution in [3.63, 3.8) is 0 Å². The zero-order chi connectivity index (χ0) is 19.0. The van der Waals surface area contributed by atoms with Gasteiger partial charge in [0.05, 0.1) is 5.75 Å². The number of pyridine rings is 2. The first-order valence-electron chi connectivity index (χ1n) is 6.89. The van der Waals surface area contributed by atoms with Gasteiger partial charge in [-0.05, 0) is 30.7 Å². The topological polar surface area (TPSA) is 144 Å². The van der Waals surface area contributed by atoms with Crippen LogP contribution in [0, 0.1) is 0 Å². The van der Waals surface area contributed by atoms with Crippen LogP contribution in [0.2, 0.25) is 0 Å². The van der Waals surface area contributed by atoms with E-state index in [1.54, 1.807) is 24.8 Å². The van der Waals surface area contributed by atoms with Gasteiger partial charge in [0.2, 0.25) is 0 Å². The second-order valence-electron chi connectivity index (χ2n) is 4.30. The molecule has 2 aromatic heterocycles. The number of rotatable bonds is 6. The smallest absolute Gasteiger partial charge is 0.289 e. The molecule has 2 aromatic rings. The fourth-order valence-electron chi connectivity index (χ4n) is 1.13. The molecule has 11 heteroatoms. The molecule has 0 fully saturated rings. The third-order valence-electron chi connectivity index (χ3n) is 2.06. The summed E-state index contributed by atoms with van der Waals surface area (Å²) in [5, 5.41) is 0. The van der Waals surface area contributed by atoms with Gasteiger partial charge in [-0.15, -0.1) is 0 Å². The molecule has 2 rings (SSSR count). The van der Waals surface area contributed by atoms with E-state index in [9.17, 15) is 16.8 Å². The summed E-state index contributed by atoms with van der Waals surface area (Å²) in [4.78, 5) is 7.57. The predicted molar refractivity (Wildman–Crippen MR) is 91.9 cm³/mol. The van der Waals surface area contributed by atoms with Crippen LogP contribution in [0.3, 0.4) is 0 Å². The van der Waals surface area contributed by atoms with Gasteiger partial charge in [0.15, 0.2) is 5.94 Å². The maximum atomic E-state index is 10.1. The summed E-state index contributed by atoms with van der Waals surface area (Å²) in [6.07, 6.45) is 6.97. The third kappa shape index (κ3) is 22.1. The molecule has 0 bridgehead atoms. The molecule has 0 spiro atoms. The largest absolute Gasteiger partial charge is 0.363 e. The van der Waals surface area contributed by atoms with Crippen LogP contribution in [-0.4, -0.2) is 54.2 Å². The minimum Gasteiger partial charge on any atom is -0.363 e. The fraction of sp³-hybridized carbons (Fsp3) is 0.286. The van der Waals surface area contributed by atoms with Crippen LogP contribution in [0.1, 0.15) is 6.42 Å². The van der Waals surface area contributed by atoms with Gasteiger partial charge in [-0.1, -0.05) is 12.1 Å². The Hall–Kier alpha value is -1.92. The van der Waals surface area contributed by atoms with E-state index < -0.39 is 31.9 Å². The molecule has 0 unspecified atom stereocenters. The Morgan fingerprint density at radius 3 is 1.40 bits per heavy atom. The highest BCUT2D eigenvalue weighted by Crippen LogP contribution is 1.91. The standard InChI is InChI=1S/2C5H5N.C4H10O7S2/c2*1-2-4-6-5-3-1;5-12(6,7)3-1-2-11-4-13(8,9)10/h2*1-5H;1-4H2,(H,5,6,7)(H,8,9,10). The molecular formula is C14H20N2O7S2. The maximum Gasteiger partial charge on any atom is 0.289 e. The van der Waals surface area contributed by atoms with Gasteiger partial charge >= 0.3 is 0 Å². The molecule has 2 N–H and O–H groups in total. The molecule has 0 atom stereocenters. The molecule has 0 saturated carbocycles. The van der Waals surface area contributed by atoms with Crippen molar-refractivity contribution in [2.24, 2.45) is 0 Å². The SMILES string of the molecule is O=S(=O)(O)CCCOCS(=O)(=O)O.c1ccncc1.c1ccncc1. The second-order valence-corrected chi connectivity index (χ2v) is 7.27. The molecule has 0 saturated heterocycles. The number of hydrogen-bond donors (Lipinski definition) is 2. The summed E-state index contributed by atoms with van der Waals surface area (Å²) in [6.45, 7) is -0.167. The van der Waals surface area contributed by atoms with E-state index in [-0.39, 0.29) is 13.0 Å². The van der Waals surface area contributed by atoms with E-state index in [4.69, 9.17) is 9.11 Å². The maximum absolute atomic E-state index is 10.1. The van der Waals surface area contributed by atoms with E-state index >= 15 is 0 Å². The molecule has 0 amide bonds. The molecule has 0 aliphatic heterocycles. The van der Waals surface area contributed by atoms with Crippen molar-refractivity contribution < 1.29 is 30.7 Å². The second kappa shape index (κ2) is 13.4. The van der Waals surface area contributed by atoms with E-state index in [0.717, 1.165) is 0 Å². The van der Waals surface area contributed by atoms with Crippen LogP contribution in [0.5, 0.6) is 0 Å². The van der Waals surface area contributed by atoms with Gasteiger partial charge in [-0.2, -0.15) is 16.8 Å². The quantitative estimate of drug-likeness (QED) is 0.549. The highest BCUT2D eigenvalue weighted by atomic mass is 32.2. The van der Waals surface area contributed by atoms with Gasteiger partial charge in [0, 0.05) is 31.4 Å². The van der Waals surface area contributed by atoms with E-state index in [1.165, 1.54) is 0 Å². The number of aromatic nitrogens is 2. The van der Waals surface area contributed by atoms with Gasteiger partial charge in [0.25, 0.3) is 20.2 Å². The van der Waals surface area contributed by atoms with Crippen molar-refractivity contribution in [3.05, 3.63) is 61.2 Å². The first kappa shape index (κ1) is 23.1. The molecule has 25 heavy (non-hydrogen) atoms. The van der Waals surface area contributed by atoms with Gasteiger partial charge in [-0.25, -0.2) is 0 Å². The summed E-state index contributed by atoms with van der Waals surface area (Å²) < 4.78 is 61.1. The molecule has 9 nitrogen and oxygen atoms in total. The van der Waals surface area contributed by atoms with Crippen molar-refractivity contribution in [1.29, 1.82) is 0 Å². The highest BCUT2D eigenvalue weighted by Gasteiger charge is 2.06. The lowest BCUT2D eigenvalue weighted by Gasteiger charge is -1.99. The average molecular weight is 392 g/mol. The van der Waals surface area contributed by atoms with Crippen LogP contribution in [0.4, 0.5) is 0 Å². The van der Waals surface area contributed by atoms with Crippen LogP contribution < -0.4 is 0 Å². The fourth-order valence-corrected chi connectivity index (χ4v) is 1.94. The zero-order valence-corrected chi connectivity index (χ0v) is 14.9. The molecule has 140 valence electrons. The molecule has 0 aliphatic carbocycles. The van der Waals surface area contributed by atoms with Crippen molar-refractivity contribution >= 4 is 20.2 Å². The Morgan fingerprint density at radius 1 is 0.720 bits per heavy atom. The van der Waals surface area contributed by atoms with E-state index in [2.05, 4.69) is 14.7 Å². The summed E-state index contributed by atoms with van der Waals surface area (Å²) in [7, 11) is -8.21. The first-order valence-corrected chi connectivity index (χ1v) is 10.1. The van der Waals surface area contributed by atoms with Crippen LogP contribution >= 0.6 is 0 Å². The molecule has 0 aliphatic rings. The Bertz CT molecular complexity index is 620. The van der Waals surface area contributed by atoms with Gasteiger partial charge in [0.1, 0.15) is 0 Å². The van der Waals surface area contributed by atoms with Crippen LogP contribution in [0.15, 0.2) is 61.2 Å². The Kier molecular flexibility index (Phi) is 12.4. The van der Waals surface area contributed by atoms with Gasteiger partial charge in [-0.3, -0.25) is 19.1 Å². The first-order chi connectivity index (χ1) is 11.7. The summed E-state index contributed by atoms with van der Waals surface area (Å²) in [6, 6.07) is 11.4. The normalized spacial score (nSPS) is 10.6. The lowest BCUT2D eigenvalue weighted by atomic mass is 10.5. The molecule has 2 heterocycles. The van der Waals surface area contributed by atoms with Crippen LogP contribution in [0.25, 0.3) is 0 Å². The van der Waals surface area contributed by atoms with Crippen molar-refractivity contribution in [1.82, 2.24) is 9.97 Å².